The molecule has 1 unspecified atom stereocenters. The van der Waals surface area contributed by atoms with Gasteiger partial charge in [0.25, 0.3) is 5.91 Å². The monoisotopic (exact) mass is 488 g/mol. The van der Waals surface area contributed by atoms with Crippen LogP contribution >= 0.6 is 23.1 Å². The van der Waals surface area contributed by atoms with Crippen LogP contribution in [0.1, 0.15) is 59.4 Å². The number of carbonyl (C=O) groups excluding carboxylic acids is 1. The fourth-order valence-electron chi connectivity index (χ4n) is 4.26. The van der Waals surface area contributed by atoms with Gasteiger partial charge in [0.1, 0.15) is 10.4 Å². The summed E-state index contributed by atoms with van der Waals surface area (Å²) in [5.74, 6) is -0.0132. The van der Waals surface area contributed by atoms with E-state index in [4.69, 9.17) is 4.98 Å². The minimum atomic E-state index is -0.0132. The van der Waals surface area contributed by atoms with E-state index in [0.29, 0.717) is 6.54 Å². The molecule has 3 aromatic heterocycles. The van der Waals surface area contributed by atoms with E-state index >= 15 is 0 Å². The summed E-state index contributed by atoms with van der Waals surface area (Å²) in [7, 11) is 0. The second kappa shape index (κ2) is 9.76. The van der Waals surface area contributed by atoms with Gasteiger partial charge in [0.2, 0.25) is 0 Å². The molecule has 0 bridgehead atoms. The van der Waals surface area contributed by atoms with E-state index in [9.17, 15) is 4.79 Å². The molecule has 1 amide bonds. The zero-order valence-electron chi connectivity index (χ0n) is 19.7. The van der Waals surface area contributed by atoms with E-state index < -0.39 is 0 Å². The number of fused-ring (bicyclic) bond motifs is 1. The van der Waals surface area contributed by atoms with Gasteiger partial charge in [0.15, 0.2) is 0 Å². The highest BCUT2D eigenvalue weighted by Gasteiger charge is 2.33. The third-order valence-corrected chi connectivity index (χ3v) is 8.41. The van der Waals surface area contributed by atoms with Crippen LogP contribution in [0.5, 0.6) is 0 Å². The number of hydrogen-bond acceptors (Lipinski definition) is 5. The fourth-order valence-corrected chi connectivity index (χ4v) is 6.31. The Morgan fingerprint density at radius 2 is 2.03 bits per heavy atom. The standard InChI is InChI=1S/C27H28N4OS2/c1-4-6-12-29-25(32)21-15-23(31(17(21)3)27-20-9-7-8-10-24(20)34-27)22-16-33-26(30-22)18-11-13-28-19(5-2)14-18/h7-11,13-16,27H,4-6,12H2,1-3H3,(H,29,32). The van der Waals surface area contributed by atoms with Crippen LogP contribution in [0.15, 0.2) is 58.9 Å². The van der Waals surface area contributed by atoms with Gasteiger partial charge in [-0.25, -0.2) is 4.98 Å². The minimum absolute atomic E-state index is 0.0132. The van der Waals surface area contributed by atoms with E-state index in [1.807, 2.05) is 37.0 Å². The molecule has 1 atom stereocenters. The molecule has 4 heterocycles. The highest BCUT2D eigenvalue weighted by molar-refractivity contribution is 8.01. The van der Waals surface area contributed by atoms with Gasteiger partial charge in [-0.3, -0.25) is 9.78 Å². The molecule has 0 radical (unpaired) electrons. The number of aryl methyl sites for hydroxylation is 1. The Morgan fingerprint density at radius 3 is 2.82 bits per heavy atom. The number of carbonyl (C=O) groups is 1. The molecule has 0 saturated heterocycles. The van der Waals surface area contributed by atoms with Gasteiger partial charge >= 0.3 is 0 Å². The summed E-state index contributed by atoms with van der Waals surface area (Å²) in [6, 6.07) is 14.6. The second-order valence-corrected chi connectivity index (χ2v) is 10.4. The number of hydrogen-bond donors (Lipinski definition) is 1. The third kappa shape index (κ3) is 4.18. The van der Waals surface area contributed by atoms with E-state index in [1.54, 1.807) is 11.3 Å². The van der Waals surface area contributed by atoms with Gasteiger partial charge in [-0.2, -0.15) is 0 Å². The Balaban J connectivity index is 1.55. The average molecular weight is 489 g/mol. The maximum Gasteiger partial charge on any atom is 0.253 e. The first-order valence-electron chi connectivity index (χ1n) is 11.8. The number of nitrogens with zero attached hydrogens (tertiary/aromatic N) is 3. The van der Waals surface area contributed by atoms with Crippen LogP contribution in [0.3, 0.4) is 0 Å². The first-order chi connectivity index (χ1) is 16.6. The Morgan fingerprint density at radius 1 is 1.18 bits per heavy atom. The zero-order valence-corrected chi connectivity index (χ0v) is 21.3. The maximum absolute atomic E-state index is 13.1. The number of nitrogens with one attached hydrogen (secondary N) is 1. The highest BCUT2D eigenvalue weighted by atomic mass is 32.2. The molecule has 1 aliphatic heterocycles. The molecule has 0 spiro atoms. The summed E-state index contributed by atoms with van der Waals surface area (Å²) in [4.78, 5) is 23.8. The molecule has 4 aromatic rings. The Hall–Kier alpha value is -2.90. The lowest BCUT2D eigenvalue weighted by Gasteiger charge is -2.32. The van der Waals surface area contributed by atoms with E-state index in [1.165, 1.54) is 10.5 Å². The Bertz CT molecular complexity index is 1340. The smallest absolute Gasteiger partial charge is 0.253 e. The Labute approximate surface area is 208 Å². The molecule has 34 heavy (non-hydrogen) atoms. The van der Waals surface area contributed by atoms with E-state index in [-0.39, 0.29) is 11.3 Å². The first kappa shape index (κ1) is 22.9. The van der Waals surface area contributed by atoms with Crippen molar-refractivity contribution in [2.75, 3.05) is 6.54 Å². The van der Waals surface area contributed by atoms with Crippen LogP contribution in [0.4, 0.5) is 0 Å². The SMILES string of the molecule is CCCCNC(=O)c1cc(-c2csc(-c3ccnc(CC)c3)n2)n(C2Sc3ccccc32)c1C. The topological polar surface area (TPSA) is 59.8 Å². The number of thiazole rings is 1. The highest BCUT2D eigenvalue weighted by Crippen LogP contribution is 2.52. The predicted octanol–water partition coefficient (Wildman–Crippen LogP) is 6.73. The maximum atomic E-state index is 13.1. The van der Waals surface area contributed by atoms with Crippen molar-refractivity contribution in [1.29, 1.82) is 0 Å². The van der Waals surface area contributed by atoms with Crippen LogP contribution in [0.2, 0.25) is 0 Å². The molecule has 0 saturated carbocycles. The third-order valence-electron chi connectivity index (χ3n) is 6.20. The van der Waals surface area contributed by atoms with Crippen LogP contribution in [-0.4, -0.2) is 27.0 Å². The van der Waals surface area contributed by atoms with Crippen molar-refractivity contribution in [3.05, 3.63) is 76.6 Å². The summed E-state index contributed by atoms with van der Waals surface area (Å²) in [5.41, 5.74) is 7.02. The largest absolute Gasteiger partial charge is 0.352 e. The van der Waals surface area contributed by atoms with E-state index in [2.05, 4.69) is 64.4 Å². The number of aromatic nitrogens is 3. The number of thioether (sulfide) groups is 1. The number of pyridine rings is 1. The van der Waals surface area contributed by atoms with Gasteiger partial charge in [-0.15, -0.1) is 11.3 Å². The fraction of sp³-hybridized carbons (Fsp3) is 0.296. The number of benzene rings is 1. The second-order valence-electron chi connectivity index (χ2n) is 8.44. The van der Waals surface area contributed by atoms with Gasteiger partial charge in [-0.1, -0.05) is 50.2 Å². The van der Waals surface area contributed by atoms with Crippen LogP contribution in [0.25, 0.3) is 22.0 Å². The minimum Gasteiger partial charge on any atom is -0.352 e. The molecular formula is C27H28N4OS2. The molecule has 0 fully saturated rings. The van der Waals surface area contributed by atoms with Crippen molar-refractivity contribution in [1.82, 2.24) is 19.9 Å². The Kier molecular flexibility index (Phi) is 6.57. The quantitative estimate of drug-likeness (QED) is 0.280. The van der Waals surface area contributed by atoms with Gasteiger partial charge < -0.3 is 9.88 Å². The lowest BCUT2D eigenvalue weighted by molar-refractivity contribution is 0.0952. The van der Waals surface area contributed by atoms with Crippen molar-refractivity contribution in [2.24, 2.45) is 0 Å². The van der Waals surface area contributed by atoms with Crippen molar-refractivity contribution in [2.45, 2.75) is 50.3 Å². The van der Waals surface area contributed by atoms with Gasteiger partial charge in [0.05, 0.1) is 17.0 Å². The molecule has 1 aromatic carbocycles. The van der Waals surface area contributed by atoms with E-state index in [0.717, 1.165) is 58.2 Å². The van der Waals surface area contributed by atoms with Crippen molar-refractivity contribution in [3.63, 3.8) is 0 Å². The van der Waals surface area contributed by atoms with Crippen molar-refractivity contribution in [3.8, 4) is 22.0 Å². The molecule has 5 nitrogen and oxygen atoms in total. The van der Waals surface area contributed by atoms with Gasteiger partial charge in [-0.05, 0) is 49.6 Å². The molecule has 174 valence electrons. The lowest BCUT2D eigenvalue weighted by Crippen LogP contribution is -2.25. The number of rotatable bonds is 8. The normalized spacial score (nSPS) is 14.5. The molecule has 5 rings (SSSR count). The van der Waals surface area contributed by atoms with Crippen LogP contribution < -0.4 is 5.32 Å². The molecular weight excluding hydrogens is 460 g/mol. The summed E-state index contributed by atoms with van der Waals surface area (Å²) < 4.78 is 2.28. The summed E-state index contributed by atoms with van der Waals surface area (Å²) >= 11 is 3.46. The average Bonchev–Trinajstić information content (AvgIpc) is 3.45. The zero-order chi connectivity index (χ0) is 23.7. The predicted molar refractivity (Wildman–Crippen MR) is 141 cm³/mol. The van der Waals surface area contributed by atoms with Crippen molar-refractivity contribution < 1.29 is 4.79 Å². The summed E-state index contributed by atoms with van der Waals surface area (Å²) in [5, 5.41) is 6.29. The molecule has 1 N–H and O–H groups in total. The molecule has 1 aliphatic rings. The first-order valence-corrected chi connectivity index (χ1v) is 13.5. The number of unbranched alkanes of at least 4 members (excludes halogenated alkanes) is 1. The molecule has 7 heteroatoms. The van der Waals surface area contributed by atoms with Crippen molar-refractivity contribution >= 4 is 29.0 Å². The van der Waals surface area contributed by atoms with Crippen LogP contribution in [-0.2, 0) is 6.42 Å². The lowest BCUT2D eigenvalue weighted by atomic mass is 10.2. The summed E-state index contributed by atoms with van der Waals surface area (Å²) in [6.45, 7) is 6.97. The number of amides is 1. The van der Waals surface area contributed by atoms with Gasteiger partial charge in [0, 0.05) is 40.0 Å². The summed E-state index contributed by atoms with van der Waals surface area (Å²) in [6.07, 6.45) is 4.77. The van der Waals surface area contributed by atoms with Crippen LogP contribution in [0, 0.1) is 6.92 Å². The molecule has 0 aliphatic carbocycles.